The number of methoxy groups -OCH3 is 3. The highest BCUT2D eigenvalue weighted by Crippen LogP contribution is 2.34. The van der Waals surface area contributed by atoms with Crippen LogP contribution in [0.1, 0.15) is 24.9 Å². The van der Waals surface area contributed by atoms with E-state index < -0.39 is 0 Å². The van der Waals surface area contributed by atoms with Gasteiger partial charge in [-0.3, -0.25) is 4.99 Å². The standard InChI is InChI=1S/C21H31N5O3/c1-15-6-8-25(13-17(15)26-9-7-23-14-26)21(22-2)24-12-16-10-19(28-4)20(29-5)11-18(16)27-3/h7,9-11,14-15,17H,6,8,12-13H2,1-5H3,(H,22,24). The number of piperidine rings is 1. The van der Waals surface area contributed by atoms with Crippen LogP contribution in [0.4, 0.5) is 0 Å². The van der Waals surface area contributed by atoms with Crippen LogP contribution >= 0.6 is 0 Å². The molecule has 2 aromatic rings. The largest absolute Gasteiger partial charge is 0.496 e. The maximum atomic E-state index is 5.54. The first-order valence-electron chi connectivity index (χ1n) is 9.83. The number of likely N-dealkylation sites (tertiary alicyclic amines) is 1. The fourth-order valence-corrected chi connectivity index (χ4v) is 3.83. The molecule has 1 aromatic carbocycles. The molecule has 0 bridgehead atoms. The Morgan fingerprint density at radius 1 is 1.17 bits per heavy atom. The number of nitrogens with one attached hydrogen (secondary N) is 1. The molecule has 0 spiro atoms. The summed E-state index contributed by atoms with van der Waals surface area (Å²) in [5.74, 6) is 3.52. The van der Waals surface area contributed by atoms with Crippen molar-refractivity contribution in [3.8, 4) is 17.2 Å². The second-order valence-corrected chi connectivity index (χ2v) is 7.21. The minimum Gasteiger partial charge on any atom is -0.496 e. The molecule has 0 radical (unpaired) electrons. The third-order valence-corrected chi connectivity index (χ3v) is 5.56. The van der Waals surface area contributed by atoms with Crippen molar-refractivity contribution in [2.75, 3.05) is 41.5 Å². The van der Waals surface area contributed by atoms with Crippen molar-refractivity contribution in [3.63, 3.8) is 0 Å². The molecule has 0 amide bonds. The van der Waals surface area contributed by atoms with Crippen LogP contribution in [-0.4, -0.2) is 61.9 Å². The molecule has 1 aromatic heterocycles. The van der Waals surface area contributed by atoms with Gasteiger partial charge in [-0.25, -0.2) is 4.98 Å². The van der Waals surface area contributed by atoms with E-state index in [1.807, 2.05) is 37.9 Å². The fraction of sp³-hybridized carbons (Fsp3) is 0.524. The molecule has 8 nitrogen and oxygen atoms in total. The van der Waals surface area contributed by atoms with Gasteiger partial charge in [0.15, 0.2) is 17.5 Å². The zero-order chi connectivity index (χ0) is 20.8. The number of guanidine groups is 1. The van der Waals surface area contributed by atoms with Crippen molar-refractivity contribution in [2.24, 2.45) is 10.9 Å². The minimum atomic E-state index is 0.375. The van der Waals surface area contributed by atoms with Crippen LogP contribution in [0, 0.1) is 5.92 Å². The van der Waals surface area contributed by atoms with E-state index in [4.69, 9.17) is 14.2 Å². The first-order chi connectivity index (χ1) is 14.1. The summed E-state index contributed by atoms with van der Waals surface area (Å²) in [6.45, 7) is 4.72. The van der Waals surface area contributed by atoms with Gasteiger partial charge in [-0.1, -0.05) is 6.92 Å². The summed E-state index contributed by atoms with van der Waals surface area (Å²) in [5, 5.41) is 3.47. The van der Waals surface area contributed by atoms with Gasteiger partial charge in [0, 0.05) is 50.7 Å². The zero-order valence-electron chi connectivity index (χ0n) is 17.9. The summed E-state index contributed by atoms with van der Waals surface area (Å²) in [7, 11) is 6.72. The van der Waals surface area contributed by atoms with Gasteiger partial charge in [0.25, 0.3) is 0 Å². The molecule has 8 heteroatoms. The Morgan fingerprint density at radius 3 is 2.52 bits per heavy atom. The molecule has 158 valence electrons. The van der Waals surface area contributed by atoms with E-state index in [0.717, 1.165) is 36.8 Å². The molecule has 29 heavy (non-hydrogen) atoms. The highest BCUT2D eigenvalue weighted by atomic mass is 16.5. The number of ether oxygens (including phenoxy) is 3. The lowest BCUT2D eigenvalue weighted by atomic mass is 9.93. The molecular formula is C21H31N5O3. The van der Waals surface area contributed by atoms with Gasteiger partial charge in [0.05, 0.1) is 33.7 Å². The third-order valence-electron chi connectivity index (χ3n) is 5.56. The first kappa shape index (κ1) is 20.8. The summed E-state index contributed by atoms with van der Waals surface area (Å²) < 4.78 is 18.5. The maximum absolute atomic E-state index is 5.54. The molecule has 2 heterocycles. The third kappa shape index (κ3) is 4.58. The van der Waals surface area contributed by atoms with Gasteiger partial charge in [-0.05, 0) is 18.4 Å². The summed E-state index contributed by atoms with van der Waals surface area (Å²) >= 11 is 0. The summed E-state index contributed by atoms with van der Waals surface area (Å²) in [6.07, 6.45) is 6.87. The second kappa shape index (κ2) is 9.54. The highest BCUT2D eigenvalue weighted by molar-refractivity contribution is 5.80. The van der Waals surface area contributed by atoms with Crippen molar-refractivity contribution >= 4 is 5.96 Å². The lowest BCUT2D eigenvalue weighted by molar-refractivity contribution is 0.189. The number of aliphatic imine (C=N–C) groups is 1. The molecule has 0 aliphatic carbocycles. The first-order valence-corrected chi connectivity index (χ1v) is 9.83. The SMILES string of the molecule is CN=C(NCc1cc(OC)c(OC)cc1OC)N1CCC(C)C(n2ccnc2)C1. The summed E-state index contributed by atoms with van der Waals surface area (Å²) in [5.41, 5.74) is 0.975. The Balaban J connectivity index is 1.72. The Labute approximate surface area is 172 Å². The number of nitrogens with zero attached hydrogens (tertiary/aromatic N) is 4. The van der Waals surface area contributed by atoms with Crippen LogP contribution in [-0.2, 0) is 6.54 Å². The monoisotopic (exact) mass is 401 g/mol. The molecule has 1 aliphatic rings. The predicted octanol–water partition coefficient (Wildman–Crippen LogP) is 2.57. The van der Waals surface area contributed by atoms with Crippen molar-refractivity contribution in [1.29, 1.82) is 0 Å². The van der Waals surface area contributed by atoms with Crippen molar-refractivity contribution in [2.45, 2.75) is 25.9 Å². The minimum absolute atomic E-state index is 0.375. The van der Waals surface area contributed by atoms with E-state index in [0.29, 0.717) is 30.0 Å². The van der Waals surface area contributed by atoms with Crippen molar-refractivity contribution in [1.82, 2.24) is 19.8 Å². The van der Waals surface area contributed by atoms with E-state index >= 15 is 0 Å². The smallest absolute Gasteiger partial charge is 0.193 e. The van der Waals surface area contributed by atoms with Crippen LogP contribution in [0.2, 0.25) is 0 Å². The van der Waals surface area contributed by atoms with Crippen molar-refractivity contribution in [3.05, 3.63) is 36.4 Å². The number of benzene rings is 1. The molecule has 1 fully saturated rings. The Morgan fingerprint density at radius 2 is 1.90 bits per heavy atom. The lowest BCUT2D eigenvalue weighted by Gasteiger charge is -2.39. The van der Waals surface area contributed by atoms with Crippen LogP contribution < -0.4 is 19.5 Å². The Hall–Kier alpha value is -2.90. The quantitative estimate of drug-likeness (QED) is 0.592. The van der Waals surface area contributed by atoms with E-state index in [1.165, 1.54) is 0 Å². The average Bonchev–Trinajstić information content (AvgIpc) is 3.29. The van der Waals surface area contributed by atoms with E-state index in [9.17, 15) is 0 Å². The molecule has 2 unspecified atom stereocenters. The maximum Gasteiger partial charge on any atom is 0.193 e. The number of imidazole rings is 1. The van der Waals surface area contributed by atoms with Gasteiger partial charge in [0.1, 0.15) is 5.75 Å². The molecule has 1 aliphatic heterocycles. The van der Waals surface area contributed by atoms with Gasteiger partial charge < -0.3 is 29.0 Å². The zero-order valence-corrected chi connectivity index (χ0v) is 17.9. The highest BCUT2D eigenvalue weighted by Gasteiger charge is 2.29. The summed E-state index contributed by atoms with van der Waals surface area (Å²) in [4.78, 5) is 11.0. The topological polar surface area (TPSA) is 73.1 Å². The molecular weight excluding hydrogens is 370 g/mol. The molecule has 3 rings (SSSR count). The molecule has 2 atom stereocenters. The second-order valence-electron chi connectivity index (χ2n) is 7.21. The number of hydrogen-bond donors (Lipinski definition) is 1. The predicted molar refractivity (Wildman–Crippen MR) is 113 cm³/mol. The van der Waals surface area contributed by atoms with Crippen LogP contribution in [0.25, 0.3) is 0 Å². The van der Waals surface area contributed by atoms with Crippen LogP contribution in [0.15, 0.2) is 35.8 Å². The Kier molecular flexibility index (Phi) is 6.85. The van der Waals surface area contributed by atoms with Gasteiger partial charge in [-0.2, -0.15) is 0 Å². The van der Waals surface area contributed by atoms with E-state index in [2.05, 4.69) is 31.7 Å². The normalized spacial score (nSPS) is 19.8. The fourth-order valence-electron chi connectivity index (χ4n) is 3.83. The number of rotatable bonds is 6. The van der Waals surface area contributed by atoms with Crippen molar-refractivity contribution < 1.29 is 14.2 Å². The van der Waals surface area contributed by atoms with Gasteiger partial charge in [-0.15, -0.1) is 0 Å². The van der Waals surface area contributed by atoms with Crippen LogP contribution in [0.3, 0.4) is 0 Å². The van der Waals surface area contributed by atoms with Crippen LogP contribution in [0.5, 0.6) is 17.2 Å². The summed E-state index contributed by atoms with van der Waals surface area (Å²) in [6, 6.07) is 4.15. The Bertz CT molecular complexity index is 822. The number of aromatic nitrogens is 2. The average molecular weight is 402 g/mol. The van der Waals surface area contributed by atoms with Gasteiger partial charge >= 0.3 is 0 Å². The van der Waals surface area contributed by atoms with E-state index in [-0.39, 0.29) is 0 Å². The molecule has 0 saturated carbocycles. The van der Waals surface area contributed by atoms with E-state index in [1.54, 1.807) is 21.3 Å². The molecule has 1 N–H and O–H groups in total. The van der Waals surface area contributed by atoms with Gasteiger partial charge in [0.2, 0.25) is 0 Å². The molecule has 1 saturated heterocycles. The lowest BCUT2D eigenvalue weighted by Crippen LogP contribution is -2.48. The number of hydrogen-bond acceptors (Lipinski definition) is 5.